The summed E-state index contributed by atoms with van der Waals surface area (Å²) in [6.45, 7) is 9.25. The summed E-state index contributed by atoms with van der Waals surface area (Å²) in [5, 5.41) is 0. The van der Waals surface area contributed by atoms with Crippen LogP contribution in [-0.2, 0) is 6.42 Å². The average molecular weight is 260 g/mol. The van der Waals surface area contributed by atoms with Crippen LogP contribution in [0.3, 0.4) is 0 Å². The summed E-state index contributed by atoms with van der Waals surface area (Å²) < 4.78 is 0. The number of benzene rings is 1. The zero-order valence-electron chi connectivity index (χ0n) is 12.6. The maximum Gasteiger partial charge on any atom is 0.0366 e. The van der Waals surface area contributed by atoms with Gasteiger partial charge in [0.2, 0.25) is 0 Å². The Labute approximate surface area is 118 Å². The lowest BCUT2D eigenvalue weighted by Gasteiger charge is -2.36. The molecule has 1 saturated heterocycles. The fraction of sp³-hybridized carbons (Fsp3) is 0.647. The molecule has 0 bridgehead atoms. The summed E-state index contributed by atoms with van der Waals surface area (Å²) in [4.78, 5) is 2.53. The minimum Gasteiger partial charge on any atom is -0.371 e. The standard InChI is InChI=1S/C17H28N2/c1-4-16(18)10-15-5-7-17(8-6-15)19-11-13(2)9-14(3)12-19/h5-8,13-14,16H,4,9-12,18H2,1-3H3. The molecule has 0 aromatic heterocycles. The molecule has 0 spiro atoms. The molecule has 0 aliphatic carbocycles. The Balaban J connectivity index is 2.01. The lowest BCUT2D eigenvalue weighted by atomic mass is 9.91. The molecule has 106 valence electrons. The maximum absolute atomic E-state index is 6.01. The third-order valence-electron chi connectivity index (χ3n) is 4.19. The summed E-state index contributed by atoms with van der Waals surface area (Å²) in [7, 11) is 0. The predicted octanol–water partition coefficient (Wildman–Crippen LogP) is 3.45. The Hall–Kier alpha value is -1.02. The van der Waals surface area contributed by atoms with Crippen molar-refractivity contribution in [2.75, 3.05) is 18.0 Å². The summed E-state index contributed by atoms with van der Waals surface area (Å²) >= 11 is 0. The first-order valence-electron chi connectivity index (χ1n) is 7.68. The molecule has 2 rings (SSSR count). The van der Waals surface area contributed by atoms with Gasteiger partial charge in [-0.15, -0.1) is 0 Å². The zero-order chi connectivity index (χ0) is 13.8. The zero-order valence-corrected chi connectivity index (χ0v) is 12.6. The SMILES string of the molecule is CCC(N)Cc1ccc(N2CC(C)CC(C)C2)cc1. The Morgan fingerprint density at radius 2 is 1.74 bits per heavy atom. The van der Waals surface area contributed by atoms with E-state index in [4.69, 9.17) is 5.73 Å². The van der Waals surface area contributed by atoms with E-state index in [1.165, 1.54) is 30.8 Å². The molecular weight excluding hydrogens is 232 g/mol. The lowest BCUT2D eigenvalue weighted by Crippen LogP contribution is -2.38. The molecule has 2 N–H and O–H groups in total. The van der Waals surface area contributed by atoms with Crippen molar-refractivity contribution in [2.45, 2.75) is 46.1 Å². The first kappa shape index (κ1) is 14.4. The van der Waals surface area contributed by atoms with Crippen LogP contribution in [0.1, 0.15) is 39.2 Å². The molecule has 1 heterocycles. The van der Waals surface area contributed by atoms with Crippen molar-refractivity contribution in [1.29, 1.82) is 0 Å². The highest BCUT2D eigenvalue weighted by molar-refractivity contribution is 5.48. The van der Waals surface area contributed by atoms with Crippen molar-refractivity contribution in [3.63, 3.8) is 0 Å². The van der Waals surface area contributed by atoms with Gasteiger partial charge < -0.3 is 10.6 Å². The Kier molecular flexibility index (Phi) is 4.87. The van der Waals surface area contributed by atoms with Gasteiger partial charge in [-0.05, 0) is 48.8 Å². The van der Waals surface area contributed by atoms with Crippen molar-refractivity contribution in [2.24, 2.45) is 17.6 Å². The van der Waals surface area contributed by atoms with E-state index in [1.54, 1.807) is 0 Å². The van der Waals surface area contributed by atoms with Crippen LogP contribution in [-0.4, -0.2) is 19.1 Å². The fourth-order valence-corrected chi connectivity index (χ4v) is 3.16. The number of piperidine rings is 1. The van der Waals surface area contributed by atoms with Crippen LogP contribution in [0.5, 0.6) is 0 Å². The van der Waals surface area contributed by atoms with E-state index in [1.807, 2.05) is 0 Å². The van der Waals surface area contributed by atoms with Gasteiger partial charge in [-0.3, -0.25) is 0 Å². The normalized spacial score (nSPS) is 25.4. The van der Waals surface area contributed by atoms with Crippen LogP contribution >= 0.6 is 0 Å². The number of nitrogens with zero attached hydrogens (tertiary/aromatic N) is 1. The molecule has 0 saturated carbocycles. The van der Waals surface area contributed by atoms with Crippen LogP contribution in [0.4, 0.5) is 5.69 Å². The summed E-state index contributed by atoms with van der Waals surface area (Å²) in [5.74, 6) is 1.61. The number of hydrogen-bond acceptors (Lipinski definition) is 2. The van der Waals surface area contributed by atoms with Crippen molar-refractivity contribution in [3.8, 4) is 0 Å². The molecular formula is C17H28N2. The van der Waals surface area contributed by atoms with Crippen LogP contribution in [0.2, 0.25) is 0 Å². The molecule has 2 nitrogen and oxygen atoms in total. The van der Waals surface area contributed by atoms with E-state index < -0.39 is 0 Å². The Morgan fingerprint density at radius 1 is 1.16 bits per heavy atom. The van der Waals surface area contributed by atoms with E-state index >= 15 is 0 Å². The molecule has 2 heteroatoms. The van der Waals surface area contributed by atoms with Crippen LogP contribution in [0, 0.1) is 11.8 Å². The quantitative estimate of drug-likeness (QED) is 0.898. The summed E-state index contributed by atoms with van der Waals surface area (Å²) in [5.41, 5.74) is 8.74. The van der Waals surface area contributed by atoms with Gasteiger partial charge in [0.1, 0.15) is 0 Å². The van der Waals surface area contributed by atoms with E-state index in [0.29, 0.717) is 6.04 Å². The number of nitrogens with two attached hydrogens (primary N) is 1. The highest BCUT2D eigenvalue weighted by Gasteiger charge is 2.21. The summed E-state index contributed by atoms with van der Waals surface area (Å²) in [6, 6.07) is 9.31. The fourth-order valence-electron chi connectivity index (χ4n) is 3.16. The van der Waals surface area contributed by atoms with Crippen LogP contribution < -0.4 is 10.6 Å². The number of rotatable bonds is 4. The molecule has 1 aromatic carbocycles. The first-order chi connectivity index (χ1) is 9.08. The van der Waals surface area contributed by atoms with Crippen molar-refractivity contribution < 1.29 is 0 Å². The highest BCUT2D eigenvalue weighted by atomic mass is 15.1. The van der Waals surface area contributed by atoms with Gasteiger partial charge in [0, 0.05) is 24.8 Å². The second-order valence-corrected chi connectivity index (χ2v) is 6.39. The minimum absolute atomic E-state index is 0.292. The number of hydrogen-bond donors (Lipinski definition) is 1. The molecule has 1 fully saturated rings. The molecule has 3 atom stereocenters. The second kappa shape index (κ2) is 6.42. The Morgan fingerprint density at radius 3 is 2.26 bits per heavy atom. The van der Waals surface area contributed by atoms with E-state index in [2.05, 4.69) is 49.9 Å². The van der Waals surface area contributed by atoms with E-state index in [-0.39, 0.29) is 0 Å². The molecule has 1 aliphatic heterocycles. The smallest absolute Gasteiger partial charge is 0.0366 e. The molecule has 19 heavy (non-hydrogen) atoms. The molecule has 1 aliphatic rings. The van der Waals surface area contributed by atoms with Crippen molar-refractivity contribution in [3.05, 3.63) is 29.8 Å². The van der Waals surface area contributed by atoms with Crippen molar-refractivity contribution in [1.82, 2.24) is 0 Å². The third-order valence-corrected chi connectivity index (χ3v) is 4.19. The number of anilines is 1. The topological polar surface area (TPSA) is 29.3 Å². The monoisotopic (exact) mass is 260 g/mol. The van der Waals surface area contributed by atoms with Gasteiger partial charge in [0.05, 0.1) is 0 Å². The maximum atomic E-state index is 6.01. The summed E-state index contributed by atoms with van der Waals surface area (Å²) in [6.07, 6.45) is 3.40. The third kappa shape index (κ3) is 3.97. The van der Waals surface area contributed by atoms with Gasteiger partial charge in [-0.2, -0.15) is 0 Å². The second-order valence-electron chi connectivity index (χ2n) is 6.39. The van der Waals surface area contributed by atoms with E-state index in [9.17, 15) is 0 Å². The molecule has 0 amide bonds. The average Bonchev–Trinajstić information content (AvgIpc) is 2.38. The lowest BCUT2D eigenvalue weighted by molar-refractivity contribution is 0.357. The first-order valence-corrected chi connectivity index (χ1v) is 7.68. The van der Waals surface area contributed by atoms with Crippen molar-refractivity contribution >= 4 is 5.69 Å². The van der Waals surface area contributed by atoms with Gasteiger partial charge in [-0.25, -0.2) is 0 Å². The minimum atomic E-state index is 0.292. The molecule has 3 unspecified atom stereocenters. The Bertz CT molecular complexity index is 375. The highest BCUT2D eigenvalue weighted by Crippen LogP contribution is 2.26. The van der Waals surface area contributed by atoms with Gasteiger partial charge >= 0.3 is 0 Å². The van der Waals surface area contributed by atoms with E-state index in [0.717, 1.165) is 24.7 Å². The molecule has 1 aromatic rings. The van der Waals surface area contributed by atoms with Gasteiger partial charge in [0.25, 0.3) is 0 Å². The van der Waals surface area contributed by atoms with Crippen LogP contribution in [0.15, 0.2) is 24.3 Å². The van der Waals surface area contributed by atoms with Gasteiger partial charge in [-0.1, -0.05) is 32.9 Å². The largest absolute Gasteiger partial charge is 0.371 e. The van der Waals surface area contributed by atoms with Gasteiger partial charge in [0.15, 0.2) is 0 Å². The predicted molar refractivity (Wildman–Crippen MR) is 83.6 cm³/mol. The van der Waals surface area contributed by atoms with Crippen LogP contribution in [0.25, 0.3) is 0 Å². The molecule has 0 radical (unpaired) electrons.